The van der Waals surface area contributed by atoms with Gasteiger partial charge >= 0.3 is 0 Å². The monoisotopic (exact) mass is 396 g/mol. The molecular formula is C24H32N2O3. The average Bonchev–Trinajstić information content (AvgIpc) is 2.75. The van der Waals surface area contributed by atoms with Crippen LogP contribution >= 0.6 is 0 Å². The molecule has 2 aliphatic heterocycles. The minimum Gasteiger partial charge on any atom is -0.491 e. The van der Waals surface area contributed by atoms with Crippen LogP contribution in [0.25, 0.3) is 0 Å². The second-order valence-electron chi connectivity index (χ2n) is 8.37. The summed E-state index contributed by atoms with van der Waals surface area (Å²) in [5.41, 5.74) is 4.04. The molecule has 2 aromatic rings. The number of aliphatic hydroxyl groups excluding tert-OH is 2. The largest absolute Gasteiger partial charge is 0.491 e. The minimum atomic E-state index is -0.500. The van der Waals surface area contributed by atoms with Crippen LogP contribution in [0.15, 0.2) is 48.5 Å². The van der Waals surface area contributed by atoms with Crippen molar-refractivity contribution in [2.45, 2.75) is 44.6 Å². The van der Waals surface area contributed by atoms with Crippen LogP contribution < -0.4 is 4.74 Å². The molecule has 0 bridgehead atoms. The smallest absolute Gasteiger partial charge is 0.119 e. The Morgan fingerprint density at radius 2 is 1.66 bits per heavy atom. The van der Waals surface area contributed by atoms with Gasteiger partial charge in [0.25, 0.3) is 0 Å². The summed E-state index contributed by atoms with van der Waals surface area (Å²) >= 11 is 0. The third kappa shape index (κ3) is 5.80. The van der Waals surface area contributed by atoms with Gasteiger partial charge in [-0.15, -0.1) is 0 Å². The zero-order chi connectivity index (χ0) is 20.1. The number of benzene rings is 2. The highest BCUT2D eigenvalue weighted by atomic mass is 16.5. The summed E-state index contributed by atoms with van der Waals surface area (Å²) in [7, 11) is 0. The fourth-order valence-electron chi connectivity index (χ4n) is 4.28. The molecule has 2 N–H and O–H groups in total. The highest BCUT2D eigenvalue weighted by molar-refractivity contribution is 5.29. The van der Waals surface area contributed by atoms with E-state index < -0.39 is 6.10 Å². The number of rotatable bonds is 7. The van der Waals surface area contributed by atoms with Crippen molar-refractivity contribution in [1.29, 1.82) is 0 Å². The maximum Gasteiger partial charge on any atom is 0.119 e. The molecule has 0 saturated carbocycles. The van der Waals surface area contributed by atoms with Gasteiger partial charge in [0.1, 0.15) is 18.5 Å². The van der Waals surface area contributed by atoms with Gasteiger partial charge in [0.05, 0.1) is 6.10 Å². The molecule has 4 rings (SSSR count). The Balaban J connectivity index is 1.20. The fourth-order valence-corrected chi connectivity index (χ4v) is 4.28. The molecule has 1 unspecified atom stereocenters. The number of piperidine rings is 1. The maximum absolute atomic E-state index is 10.4. The quantitative estimate of drug-likeness (QED) is 0.753. The van der Waals surface area contributed by atoms with E-state index in [1.165, 1.54) is 16.7 Å². The Hall–Kier alpha value is -1.92. The summed E-state index contributed by atoms with van der Waals surface area (Å²) < 4.78 is 5.81. The number of hydrogen-bond acceptors (Lipinski definition) is 5. The van der Waals surface area contributed by atoms with Gasteiger partial charge in [0.15, 0.2) is 0 Å². The van der Waals surface area contributed by atoms with Gasteiger partial charge in [-0.1, -0.05) is 36.4 Å². The summed E-state index contributed by atoms with van der Waals surface area (Å²) in [4.78, 5) is 4.68. The van der Waals surface area contributed by atoms with Crippen molar-refractivity contribution in [3.05, 3.63) is 65.2 Å². The maximum atomic E-state index is 10.4. The number of aliphatic hydroxyl groups is 2. The van der Waals surface area contributed by atoms with Crippen molar-refractivity contribution in [3.63, 3.8) is 0 Å². The summed E-state index contributed by atoms with van der Waals surface area (Å²) in [5.74, 6) is 0.797. The molecule has 5 nitrogen and oxygen atoms in total. The SMILES string of the molecule is OC1CCN(Cc2ccc(OCC(O)CN3CCc4ccccc4C3)cc2)CC1. The second kappa shape index (κ2) is 9.72. The number of hydrogen-bond donors (Lipinski definition) is 2. The van der Waals surface area contributed by atoms with E-state index in [0.29, 0.717) is 13.2 Å². The molecule has 2 heterocycles. The van der Waals surface area contributed by atoms with Gasteiger partial charge in [-0.05, 0) is 48.1 Å². The Morgan fingerprint density at radius 1 is 0.931 bits per heavy atom. The molecular weight excluding hydrogens is 364 g/mol. The van der Waals surface area contributed by atoms with Crippen LogP contribution in [0.2, 0.25) is 0 Å². The van der Waals surface area contributed by atoms with E-state index in [4.69, 9.17) is 4.74 Å². The van der Waals surface area contributed by atoms with E-state index in [-0.39, 0.29) is 6.10 Å². The Morgan fingerprint density at radius 3 is 2.41 bits per heavy atom. The molecule has 0 spiro atoms. The number of fused-ring (bicyclic) bond motifs is 1. The van der Waals surface area contributed by atoms with Crippen LogP contribution in [-0.2, 0) is 19.5 Å². The predicted octanol–water partition coefficient (Wildman–Crippen LogP) is 2.44. The van der Waals surface area contributed by atoms with Gasteiger partial charge in [0.2, 0.25) is 0 Å². The molecule has 29 heavy (non-hydrogen) atoms. The van der Waals surface area contributed by atoms with E-state index in [2.05, 4.69) is 46.2 Å². The van der Waals surface area contributed by atoms with Crippen LogP contribution in [-0.4, -0.2) is 65.0 Å². The molecule has 2 aliphatic rings. The van der Waals surface area contributed by atoms with Crippen molar-refractivity contribution < 1.29 is 14.9 Å². The Kier molecular flexibility index (Phi) is 6.82. The van der Waals surface area contributed by atoms with Crippen molar-refractivity contribution in [2.24, 2.45) is 0 Å². The molecule has 5 heteroatoms. The van der Waals surface area contributed by atoms with Crippen LogP contribution in [0.1, 0.15) is 29.5 Å². The Labute approximate surface area is 173 Å². The lowest BCUT2D eigenvalue weighted by Gasteiger charge is -2.30. The summed E-state index contributed by atoms with van der Waals surface area (Å²) in [6.07, 6.45) is 2.14. The number of β-amino-alcohol motifs (C(OH)–C–C–N with tert-alkyl or cyclic N) is 1. The third-order valence-electron chi connectivity index (χ3n) is 6.01. The lowest BCUT2D eigenvalue weighted by atomic mass is 10.00. The van der Waals surface area contributed by atoms with Crippen LogP contribution in [0.5, 0.6) is 5.75 Å². The number of likely N-dealkylation sites (tertiary alicyclic amines) is 1. The first-order chi connectivity index (χ1) is 14.2. The highest BCUT2D eigenvalue weighted by Crippen LogP contribution is 2.19. The fraction of sp³-hybridized carbons (Fsp3) is 0.500. The first-order valence-corrected chi connectivity index (χ1v) is 10.7. The van der Waals surface area contributed by atoms with Gasteiger partial charge in [-0.25, -0.2) is 0 Å². The van der Waals surface area contributed by atoms with Crippen LogP contribution in [0.3, 0.4) is 0 Å². The average molecular weight is 397 g/mol. The third-order valence-corrected chi connectivity index (χ3v) is 6.01. The molecule has 1 saturated heterocycles. The lowest BCUT2D eigenvalue weighted by molar-refractivity contribution is 0.0637. The second-order valence-corrected chi connectivity index (χ2v) is 8.37. The highest BCUT2D eigenvalue weighted by Gasteiger charge is 2.19. The van der Waals surface area contributed by atoms with Gasteiger partial charge in [0, 0.05) is 39.3 Å². The molecule has 0 aliphatic carbocycles. The number of ether oxygens (including phenoxy) is 1. The Bertz CT molecular complexity index is 772. The van der Waals surface area contributed by atoms with E-state index in [0.717, 1.165) is 57.7 Å². The predicted molar refractivity (Wildman–Crippen MR) is 114 cm³/mol. The van der Waals surface area contributed by atoms with E-state index >= 15 is 0 Å². The number of nitrogens with zero attached hydrogens (tertiary/aromatic N) is 2. The molecule has 2 aromatic carbocycles. The standard InChI is InChI=1S/C24H32N2O3/c27-22-10-13-25(14-11-22)15-19-5-7-24(8-6-19)29-18-23(28)17-26-12-9-20-3-1-2-4-21(20)16-26/h1-8,22-23,27-28H,9-18H2. The molecule has 1 fully saturated rings. The minimum absolute atomic E-state index is 0.131. The molecule has 156 valence electrons. The summed E-state index contributed by atoms with van der Waals surface area (Å²) in [5, 5.41) is 20.0. The van der Waals surface area contributed by atoms with Gasteiger partial charge in [-0.2, -0.15) is 0 Å². The normalized spacial score (nSPS) is 19.7. The van der Waals surface area contributed by atoms with Crippen molar-refractivity contribution in [1.82, 2.24) is 9.80 Å². The summed E-state index contributed by atoms with van der Waals surface area (Å²) in [6.45, 7) is 5.63. The van der Waals surface area contributed by atoms with Gasteiger partial charge < -0.3 is 14.9 Å². The molecule has 0 amide bonds. The topological polar surface area (TPSA) is 56.2 Å². The van der Waals surface area contributed by atoms with Crippen molar-refractivity contribution >= 4 is 0 Å². The van der Waals surface area contributed by atoms with Crippen molar-refractivity contribution in [2.75, 3.05) is 32.8 Å². The van der Waals surface area contributed by atoms with E-state index in [1.54, 1.807) is 0 Å². The lowest BCUT2D eigenvalue weighted by Crippen LogP contribution is -2.38. The summed E-state index contributed by atoms with van der Waals surface area (Å²) in [6, 6.07) is 16.7. The van der Waals surface area contributed by atoms with Gasteiger partial charge in [-0.3, -0.25) is 9.80 Å². The van der Waals surface area contributed by atoms with E-state index in [1.807, 2.05) is 12.1 Å². The first kappa shape index (κ1) is 20.4. The first-order valence-electron chi connectivity index (χ1n) is 10.7. The van der Waals surface area contributed by atoms with Crippen molar-refractivity contribution in [3.8, 4) is 5.75 Å². The van der Waals surface area contributed by atoms with E-state index in [9.17, 15) is 10.2 Å². The molecule has 0 aromatic heterocycles. The zero-order valence-corrected chi connectivity index (χ0v) is 17.0. The molecule has 0 radical (unpaired) electrons. The zero-order valence-electron chi connectivity index (χ0n) is 17.0. The van der Waals surface area contributed by atoms with Crippen LogP contribution in [0, 0.1) is 0 Å². The van der Waals surface area contributed by atoms with Crippen LogP contribution in [0.4, 0.5) is 0 Å². The molecule has 1 atom stereocenters.